The van der Waals surface area contributed by atoms with Crippen molar-refractivity contribution >= 4 is 32.6 Å². The van der Waals surface area contributed by atoms with Crippen LogP contribution in [0.4, 0.5) is 0 Å². The summed E-state index contributed by atoms with van der Waals surface area (Å²) in [6.45, 7) is 0. The molecule has 0 spiro atoms. The van der Waals surface area contributed by atoms with Gasteiger partial charge in [0.25, 0.3) is 0 Å². The normalized spacial score (nSPS) is 11.4. The van der Waals surface area contributed by atoms with Crippen molar-refractivity contribution in [2.24, 2.45) is 0 Å². The lowest BCUT2D eigenvalue weighted by atomic mass is 9.99. The van der Waals surface area contributed by atoms with Crippen molar-refractivity contribution in [3.05, 3.63) is 152 Å². The number of aromatic nitrogens is 3. The molecule has 0 unspecified atom stereocenters. The van der Waals surface area contributed by atoms with Gasteiger partial charge in [0.05, 0.1) is 16.7 Å². The fourth-order valence-corrected chi connectivity index (χ4v) is 5.98. The second kappa shape index (κ2) is 9.58. The van der Waals surface area contributed by atoms with Gasteiger partial charge < -0.3 is 4.57 Å². The standard InChI is InChI=1S/C38H25N3/c1-2-9-32(10-3-1)41-37-25-29(27-7-6-8-31(24-27)36-11-4-5-20-40-36)13-16-34(37)35-17-14-30-23-28(12-15-33(30)38(35)41)26-18-21-39-22-19-26/h1-25H. The smallest absolute Gasteiger partial charge is 0.0702 e. The predicted octanol–water partition coefficient (Wildman–Crippen LogP) is 9.73. The summed E-state index contributed by atoms with van der Waals surface area (Å²) >= 11 is 0. The zero-order chi connectivity index (χ0) is 27.2. The quantitative estimate of drug-likeness (QED) is 0.230. The Hall–Kier alpha value is -5.54. The number of fused-ring (bicyclic) bond motifs is 5. The molecule has 0 aliphatic heterocycles. The van der Waals surface area contributed by atoms with Crippen molar-refractivity contribution in [1.29, 1.82) is 0 Å². The second-order valence-electron chi connectivity index (χ2n) is 10.3. The van der Waals surface area contributed by atoms with E-state index < -0.39 is 0 Å². The van der Waals surface area contributed by atoms with Crippen LogP contribution in [0, 0.1) is 0 Å². The molecule has 0 N–H and O–H groups in total. The van der Waals surface area contributed by atoms with E-state index in [1.165, 1.54) is 54.8 Å². The molecule has 3 nitrogen and oxygen atoms in total. The number of rotatable bonds is 4. The SMILES string of the molecule is c1ccc(-n2c3cc(-c4cccc(-c5ccccn5)c4)ccc3c3ccc4cc(-c5ccncc5)ccc4c32)cc1. The molecule has 8 aromatic rings. The van der Waals surface area contributed by atoms with E-state index in [0.29, 0.717) is 0 Å². The topological polar surface area (TPSA) is 30.7 Å². The average molecular weight is 524 g/mol. The van der Waals surface area contributed by atoms with E-state index in [9.17, 15) is 0 Å². The summed E-state index contributed by atoms with van der Waals surface area (Å²) in [6.07, 6.45) is 5.54. The minimum Gasteiger partial charge on any atom is -0.309 e. The molecule has 192 valence electrons. The molecular formula is C38H25N3. The molecule has 0 saturated heterocycles. The van der Waals surface area contributed by atoms with E-state index in [4.69, 9.17) is 0 Å². The first-order valence-electron chi connectivity index (χ1n) is 13.8. The minimum atomic E-state index is 0.978. The lowest BCUT2D eigenvalue weighted by Crippen LogP contribution is -1.94. The highest BCUT2D eigenvalue weighted by Crippen LogP contribution is 2.39. The van der Waals surface area contributed by atoms with Crippen LogP contribution in [0.2, 0.25) is 0 Å². The molecule has 0 aliphatic carbocycles. The van der Waals surface area contributed by atoms with Crippen LogP contribution in [0.25, 0.3) is 71.8 Å². The first-order chi connectivity index (χ1) is 20.3. The molecule has 0 saturated carbocycles. The van der Waals surface area contributed by atoms with Gasteiger partial charge in [-0.1, -0.05) is 78.9 Å². The molecule has 3 aromatic heterocycles. The van der Waals surface area contributed by atoms with Gasteiger partial charge in [0, 0.05) is 46.0 Å². The zero-order valence-electron chi connectivity index (χ0n) is 22.3. The van der Waals surface area contributed by atoms with Crippen molar-refractivity contribution < 1.29 is 0 Å². The van der Waals surface area contributed by atoms with Crippen molar-refractivity contribution in [2.75, 3.05) is 0 Å². The summed E-state index contributed by atoms with van der Waals surface area (Å²) in [5.74, 6) is 0. The molecule has 0 amide bonds. The first-order valence-corrected chi connectivity index (χ1v) is 13.8. The highest BCUT2D eigenvalue weighted by atomic mass is 15.0. The summed E-state index contributed by atoms with van der Waals surface area (Å²) in [4.78, 5) is 8.75. The van der Waals surface area contributed by atoms with Crippen molar-refractivity contribution in [3.63, 3.8) is 0 Å². The van der Waals surface area contributed by atoms with Crippen molar-refractivity contribution in [2.45, 2.75) is 0 Å². The summed E-state index contributed by atoms with van der Waals surface area (Å²) in [7, 11) is 0. The summed E-state index contributed by atoms with van der Waals surface area (Å²) in [6, 6.07) is 47.6. The highest BCUT2D eigenvalue weighted by Gasteiger charge is 2.16. The van der Waals surface area contributed by atoms with E-state index in [1.807, 2.05) is 30.7 Å². The van der Waals surface area contributed by atoms with Gasteiger partial charge in [-0.3, -0.25) is 9.97 Å². The van der Waals surface area contributed by atoms with Crippen LogP contribution in [0.15, 0.2) is 152 Å². The monoisotopic (exact) mass is 523 g/mol. The van der Waals surface area contributed by atoms with Crippen LogP contribution in [0.1, 0.15) is 0 Å². The van der Waals surface area contributed by atoms with Crippen molar-refractivity contribution in [3.8, 4) is 39.2 Å². The largest absolute Gasteiger partial charge is 0.309 e. The number of para-hydroxylation sites is 1. The van der Waals surface area contributed by atoms with E-state index in [2.05, 4.69) is 136 Å². The Kier molecular flexibility index (Phi) is 5.46. The minimum absolute atomic E-state index is 0.978. The zero-order valence-corrected chi connectivity index (χ0v) is 22.3. The van der Waals surface area contributed by atoms with Gasteiger partial charge in [-0.05, 0) is 82.2 Å². The Balaban J connectivity index is 1.37. The molecule has 3 heteroatoms. The Labute approximate surface area is 238 Å². The maximum Gasteiger partial charge on any atom is 0.0702 e. The Morgan fingerprint density at radius 2 is 1.17 bits per heavy atom. The van der Waals surface area contributed by atoms with Crippen molar-refractivity contribution in [1.82, 2.24) is 14.5 Å². The van der Waals surface area contributed by atoms with Crippen LogP contribution in [0.3, 0.4) is 0 Å². The number of hydrogen-bond donors (Lipinski definition) is 0. The van der Waals surface area contributed by atoms with Crippen LogP contribution in [0.5, 0.6) is 0 Å². The summed E-state index contributed by atoms with van der Waals surface area (Å²) < 4.78 is 2.42. The molecular weight excluding hydrogens is 498 g/mol. The number of nitrogens with zero attached hydrogens (tertiary/aromatic N) is 3. The van der Waals surface area contributed by atoms with Gasteiger partial charge >= 0.3 is 0 Å². The molecule has 3 heterocycles. The molecule has 41 heavy (non-hydrogen) atoms. The van der Waals surface area contributed by atoms with E-state index in [-0.39, 0.29) is 0 Å². The maximum atomic E-state index is 4.56. The van der Waals surface area contributed by atoms with Gasteiger partial charge in [-0.2, -0.15) is 0 Å². The summed E-state index contributed by atoms with van der Waals surface area (Å²) in [5, 5.41) is 4.95. The Morgan fingerprint density at radius 1 is 0.439 bits per heavy atom. The third kappa shape index (κ3) is 3.98. The molecule has 0 fully saturated rings. The second-order valence-corrected chi connectivity index (χ2v) is 10.3. The lowest BCUT2D eigenvalue weighted by molar-refractivity contribution is 1.19. The third-order valence-corrected chi connectivity index (χ3v) is 7.93. The molecule has 0 radical (unpaired) electrons. The van der Waals surface area contributed by atoms with E-state index in [1.54, 1.807) is 0 Å². The van der Waals surface area contributed by atoms with E-state index in [0.717, 1.165) is 16.9 Å². The van der Waals surface area contributed by atoms with Crippen LogP contribution >= 0.6 is 0 Å². The fourth-order valence-electron chi connectivity index (χ4n) is 5.98. The number of hydrogen-bond acceptors (Lipinski definition) is 2. The fraction of sp³-hybridized carbons (Fsp3) is 0. The highest BCUT2D eigenvalue weighted by molar-refractivity contribution is 6.19. The van der Waals surface area contributed by atoms with Crippen LogP contribution < -0.4 is 0 Å². The van der Waals surface area contributed by atoms with Crippen LogP contribution in [-0.4, -0.2) is 14.5 Å². The number of pyridine rings is 2. The first kappa shape index (κ1) is 23.4. The molecule has 0 atom stereocenters. The predicted molar refractivity (Wildman–Crippen MR) is 170 cm³/mol. The van der Waals surface area contributed by atoms with Gasteiger partial charge in [-0.15, -0.1) is 0 Å². The van der Waals surface area contributed by atoms with Crippen LogP contribution in [-0.2, 0) is 0 Å². The lowest BCUT2D eigenvalue weighted by Gasteiger charge is -2.11. The van der Waals surface area contributed by atoms with Gasteiger partial charge in [-0.25, -0.2) is 0 Å². The van der Waals surface area contributed by atoms with Gasteiger partial charge in [0.15, 0.2) is 0 Å². The molecule has 8 rings (SSSR count). The maximum absolute atomic E-state index is 4.56. The van der Waals surface area contributed by atoms with Gasteiger partial charge in [0.2, 0.25) is 0 Å². The third-order valence-electron chi connectivity index (χ3n) is 7.93. The molecule has 5 aromatic carbocycles. The Bertz CT molecular complexity index is 2180. The number of benzene rings is 5. The Morgan fingerprint density at radius 3 is 2.00 bits per heavy atom. The molecule has 0 aliphatic rings. The average Bonchev–Trinajstić information content (AvgIpc) is 3.40. The molecule has 0 bridgehead atoms. The van der Waals surface area contributed by atoms with Gasteiger partial charge in [0.1, 0.15) is 0 Å². The summed E-state index contributed by atoms with van der Waals surface area (Å²) in [5.41, 5.74) is 10.4. The van der Waals surface area contributed by atoms with E-state index >= 15 is 0 Å².